The molecule has 3 aliphatic heterocycles. The maximum absolute atomic E-state index is 13.9. The molecule has 2 atom stereocenters. The third-order valence-electron chi connectivity index (χ3n) is 6.75. The normalized spacial score (nSPS) is 23.9. The molecule has 0 radical (unpaired) electrons. The highest BCUT2D eigenvalue weighted by Gasteiger charge is 2.38. The summed E-state index contributed by atoms with van der Waals surface area (Å²) in [6.07, 6.45) is 2.95. The molecule has 0 aliphatic carbocycles. The number of β-amino-alcohol motifs (C(OH)–C–C–N with tert-alkyl or cyclic N) is 1. The summed E-state index contributed by atoms with van der Waals surface area (Å²) in [7, 11) is 0. The van der Waals surface area contributed by atoms with Gasteiger partial charge in [-0.05, 0) is 63.6 Å². The maximum atomic E-state index is 13.9. The number of aliphatic hydroxyl groups is 1. The molecule has 0 spiro atoms. The molecule has 10 heteroatoms. The summed E-state index contributed by atoms with van der Waals surface area (Å²) in [6.45, 7) is 6.47. The van der Waals surface area contributed by atoms with Crippen molar-refractivity contribution in [1.29, 1.82) is 0 Å². The van der Waals surface area contributed by atoms with Crippen LogP contribution in [0.5, 0.6) is 0 Å². The molecule has 2 amide bonds. The van der Waals surface area contributed by atoms with Crippen LogP contribution in [0, 0.1) is 5.82 Å². The largest absolute Gasteiger partial charge is 0.482 e. The lowest BCUT2D eigenvalue weighted by atomic mass is 9.93. The fourth-order valence-corrected chi connectivity index (χ4v) is 5.00. The average molecular weight is 509 g/mol. The molecule has 5 rings (SSSR count). The molecule has 4 heterocycles. The molecule has 0 bridgehead atoms. The Bertz CT molecular complexity index is 1300. The zero-order chi connectivity index (χ0) is 26.3. The van der Waals surface area contributed by atoms with Crippen molar-refractivity contribution in [3.8, 4) is 0 Å². The van der Waals surface area contributed by atoms with E-state index >= 15 is 0 Å². The molecule has 9 nitrogen and oxygen atoms in total. The van der Waals surface area contributed by atoms with Crippen LogP contribution < -0.4 is 10.6 Å². The van der Waals surface area contributed by atoms with Crippen LogP contribution in [0.4, 0.5) is 20.7 Å². The van der Waals surface area contributed by atoms with Crippen molar-refractivity contribution in [1.82, 2.24) is 9.88 Å². The van der Waals surface area contributed by atoms with Crippen LogP contribution in [0.15, 0.2) is 48.4 Å². The summed E-state index contributed by atoms with van der Waals surface area (Å²) in [6, 6.07) is 7.68. The first-order valence-electron chi connectivity index (χ1n) is 12.2. The maximum Gasteiger partial charge on any atom is 0.410 e. The molecule has 0 saturated carbocycles. The van der Waals surface area contributed by atoms with E-state index in [0.717, 1.165) is 11.1 Å². The van der Waals surface area contributed by atoms with Crippen molar-refractivity contribution in [2.24, 2.45) is 0 Å². The van der Waals surface area contributed by atoms with Crippen LogP contribution in [0.25, 0.3) is 11.1 Å². The van der Waals surface area contributed by atoms with Crippen molar-refractivity contribution < 1.29 is 28.6 Å². The summed E-state index contributed by atoms with van der Waals surface area (Å²) in [5.74, 6) is 0.224. The van der Waals surface area contributed by atoms with Crippen molar-refractivity contribution in [3.05, 3.63) is 65.3 Å². The molecular weight excluding hydrogens is 479 g/mol. The molecule has 3 N–H and O–H groups in total. The van der Waals surface area contributed by atoms with Crippen molar-refractivity contribution in [3.63, 3.8) is 0 Å². The quantitative estimate of drug-likeness (QED) is 0.527. The molecule has 37 heavy (non-hydrogen) atoms. The van der Waals surface area contributed by atoms with Crippen molar-refractivity contribution in [2.45, 2.75) is 44.9 Å². The number of rotatable bonds is 5. The Hall–Kier alpha value is -3.92. The number of hydrogen-bond acceptors (Lipinski definition) is 7. The fraction of sp³-hybridized carbons (Fsp3) is 0.370. The number of hydrogen-bond donors (Lipinski definition) is 3. The number of carbonyl (C=O) groups excluding carboxylic acids is 2. The van der Waals surface area contributed by atoms with Gasteiger partial charge in [-0.2, -0.15) is 0 Å². The van der Waals surface area contributed by atoms with Gasteiger partial charge in [0.2, 0.25) is 0 Å². The molecule has 1 saturated heterocycles. The number of carbonyl (C=O) groups is 2. The van der Waals surface area contributed by atoms with Crippen LogP contribution in [-0.2, 0) is 14.3 Å². The van der Waals surface area contributed by atoms with Gasteiger partial charge in [-0.15, -0.1) is 0 Å². The minimum absolute atomic E-state index is 0.208. The van der Waals surface area contributed by atoms with Gasteiger partial charge in [-0.1, -0.05) is 0 Å². The Kier molecular flexibility index (Phi) is 6.36. The number of aromatic nitrogens is 1. The zero-order valence-electron chi connectivity index (χ0n) is 20.9. The summed E-state index contributed by atoms with van der Waals surface area (Å²) in [5, 5.41) is 16.0. The molecular formula is C27H29FN4O5. The molecule has 1 aromatic carbocycles. The lowest BCUT2D eigenvalue weighted by Crippen LogP contribution is -2.40. The first kappa shape index (κ1) is 24.8. The van der Waals surface area contributed by atoms with Crippen LogP contribution in [0.1, 0.15) is 38.3 Å². The Morgan fingerprint density at radius 1 is 1.35 bits per heavy atom. The van der Waals surface area contributed by atoms with E-state index in [-0.39, 0.29) is 25.1 Å². The Labute approximate surface area is 214 Å². The zero-order valence-corrected chi connectivity index (χ0v) is 20.9. The van der Waals surface area contributed by atoms with E-state index in [9.17, 15) is 19.1 Å². The van der Waals surface area contributed by atoms with E-state index in [2.05, 4.69) is 15.6 Å². The van der Waals surface area contributed by atoms with E-state index in [1.54, 1.807) is 19.2 Å². The number of nitrogens with zero attached hydrogens (tertiary/aromatic N) is 2. The minimum Gasteiger partial charge on any atom is -0.482 e. The lowest BCUT2D eigenvalue weighted by Gasteiger charge is -2.24. The fourth-order valence-electron chi connectivity index (χ4n) is 5.00. The number of amides is 2. The highest BCUT2D eigenvalue weighted by atomic mass is 19.1. The predicted molar refractivity (Wildman–Crippen MR) is 136 cm³/mol. The molecule has 1 unspecified atom stereocenters. The van der Waals surface area contributed by atoms with E-state index in [1.165, 1.54) is 23.1 Å². The van der Waals surface area contributed by atoms with Crippen LogP contribution in [0.2, 0.25) is 0 Å². The highest BCUT2D eigenvalue weighted by Crippen LogP contribution is 2.44. The minimum atomic E-state index is -0.741. The summed E-state index contributed by atoms with van der Waals surface area (Å²) in [4.78, 5) is 30.9. The molecule has 2 aromatic rings. The van der Waals surface area contributed by atoms with Crippen LogP contribution in [-0.4, -0.2) is 64.4 Å². The number of nitrogens with one attached hydrogen (secondary N) is 2. The van der Waals surface area contributed by atoms with Gasteiger partial charge in [0.15, 0.2) is 0 Å². The first-order chi connectivity index (χ1) is 17.7. The number of pyridine rings is 1. The standard InChI is InChI=1S/C27H29FN4O5/c1-4-36-26(35)32-14-18(33)10-17(32)13-30-23-8-5-15(12-29-23)20-11-22(37-27(20,2)3)24-19-9-16(28)6-7-21(19)31-25(24)34/h5-9,11-12,17-18,33H,4,10,13-14H2,1-3H3,(H,29,30)(H,31,34)/b24-22+/t17?,18-/m0/s1. The molecule has 1 fully saturated rings. The van der Waals surface area contributed by atoms with E-state index in [4.69, 9.17) is 9.47 Å². The smallest absolute Gasteiger partial charge is 0.410 e. The molecule has 3 aliphatic rings. The van der Waals surface area contributed by atoms with Gasteiger partial charge in [0.1, 0.15) is 23.0 Å². The number of benzene rings is 1. The SMILES string of the molecule is CCOC(=O)N1C[C@@H](O)CC1CNc1ccc(C2=C/C(=C3\C(=O)Nc4ccc(F)cc43)OC2(C)C)cn1. The lowest BCUT2D eigenvalue weighted by molar-refractivity contribution is -0.111. The second-order valence-corrected chi connectivity index (χ2v) is 9.76. The second kappa shape index (κ2) is 9.51. The number of fused-ring (bicyclic) bond motifs is 1. The van der Waals surface area contributed by atoms with Crippen LogP contribution >= 0.6 is 0 Å². The summed E-state index contributed by atoms with van der Waals surface area (Å²) in [5.41, 5.74) is 2.22. The van der Waals surface area contributed by atoms with Gasteiger partial charge in [-0.25, -0.2) is 14.2 Å². The number of halogens is 1. The van der Waals surface area contributed by atoms with Gasteiger partial charge in [0.05, 0.1) is 30.9 Å². The number of allylic oxidation sites excluding steroid dienone is 1. The number of ether oxygens (including phenoxy) is 2. The van der Waals surface area contributed by atoms with Crippen molar-refractivity contribution in [2.75, 3.05) is 30.3 Å². The first-order valence-corrected chi connectivity index (χ1v) is 12.2. The Morgan fingerprint density at radius 3 is 2.89 bits per heavy atom. The third-order valence-corrected chi connectivity index (χ3v) is 6.75. The summed E-state index contributed by atoms with van der Waals surface area (Å²) >= 11 is 0. The number of likely N-dealkylation sites (tertiary alicyclic amines) is 1. The van der Waals surface area contributed by atoms with Gasteiger partial charge in [0.25, 0.3) is 5.91 Å². The molecule has 1 aromatic heterocycles. The van der Waals surface area contributed by atoms with Gasteiger partial charge in [0, 0.05) is 35.1 Å². The van der Waals surface area contributed by atoms with E-state index in [0.29, 0.717) is 41.4 Å². The van der Waals surface area contributed by atoms with Gasteiger partial charge in [-0.3, -0.25) is 4.79 Å². The van der Waals surface area contributed by atoms with E-state index in [1.807, 2.05) is 26.0 Å². The van der Waals surface area contributed by atoms with Gasteiger partial charge < -0.3 is 30.1 Å². The summed E-state index contributed by atoms with van der Waals surface area (Å²) < 4.78 is 25.1. The highest BCUT2D eigenvalue weighted by molar-refractivity contribution is 6.32. The second-order valence-electron chi connectivity index (χ2n) is 9.76. The topological polar surface area (TPSA) is 113 Å². The van der Waals surface area contributed by atoms with Crippen molar-refractivity contribution >= 4 is 34.7 Å². The predicted octanol–water partition coefficient (Wildman–Crippen LogP) is 3.78. The number of anilines is 2. The van der Waals surface area contributed by atoms with Gasteiger partial charge >= 0.3 is 6.09 Å². The third kappa shape index (κ3) is 4.76. The average Bonchev–Trinajstić information content (AvgIpc) is 3.49. The van der Waals surface area contributed by atoms with E-state index < -0.39 is 23.6 Å². The van der Waals surface area contributed by atoms with Crippen LogP contribution in [0.3, 0.4) is 0 Å². The Balaban J connectivity index is 1.34. The Morgan fingerprint density at radius 2 is 2.16 bits per heavy atom. The number of aliphatic hydroxyl groups excluding tert-OH is 1. The molecule has 194 valence electrons. The monoisotopic (exact) mass is 508 g/mol.